The third-order valence-corrected chi connectivity index (χ3v) is 3.24. The highest BCUT2D eigenvalue weighted by atomic mass is 16.5. The number of nitrogens with one attached hydrogen (secondary N) is 1. The van der Waals surface area contributed by atoms with E-state index in [1.165, 1.54) is 18.6 Å². The largest absolute Gasteiger partial charge is 0.496 e. The Morgan fingerprint density at radius 2 is 2.31 bits per heavy atom. The van der Waals surface area contributed by atoms with Crippen molar-refractivity contribution in [3.63, 3.8) is 0 Å². The number of ether oxygens (including phenoxy) is 1. The number of likely N-dealkylation sites (N-methyl/N-ethyl adjacent to an activating group) is 1. The van der Waals surface area contributed by atoms with Gasteiger partial charge < -0.3 is 10.1 Å². The highest BCUT2D eigenvalue weighted by Crippen LogP contribution is 2.40. The van der Waals surface area contributed by atoms with Crippen LogP contribution < -0.4 is 5.32 Å². The molecule has 0 aromatic rings. The zero-order chi connectivity index (χ0) is 9.26. The zero-order valence-electron chi connectivity index (χ0n) is 8.55. The van der Waals surface area contributed by atoms with Crippen LogP contribution in [-0.4, -0.2) is 19.7 Å². The Balaban J connectivity index is 1.98. The van der Waals surface area contributed by atoms with Crippen LogP contribution in [0, 0.1) is 11.8 Å². The van der Waals surface area contributed by atoms with Crippen LogP contribution in [0.2, 0.25) is 0 Å². The second kappa shape index (κ2) is 3.70. The van der Waals surface area contributed by atoms with Gasteiger partial charge in [-0.05, 0) is 37.8 Å². The van der Waals surface area contributed by atoms with Crippen LogP contribution in [0.3, 0.4) is 0 Å². The van der Waals surface area contributed by atoms with Crippen molar-refractivity contribution in [3.8, 4) is 0 Å². The zero-order valence-corrected chi connectivity index (χ0v) is 8.55. The molecule has 0 bridgehead atoms. The van der Waals surface area contributed by atoms with Crippen molar-refractivity contribution < 1.29 is 4.74 Å². The number of hydrogen-bond donors (Lipinski definition) is 1. The van der Waals surface area contributed by atoms with Crippen LogP contribution >= 0.6 is 0 Å². The number of hydrogen-bond acceptors (Lipinski definition) is 2. The molecule has 0 aromatic heterocycles. The first-order chi connectivity index (χ1) is 6.33. The first-order valence-electron chi connectivity index (χ1n) is 5.33. The van der Waals surface area contributed by atoms with Crippen molar-refractivity contribution in [2.24, 2.45) is 11.8 Å². The van der Waals surface area contributed by atoms with Gasteiger partial charge in [-0.1, -0.05) is 6.92 Å². The molecular formula is C11H19NO. The molecule has 0 saturated heterocycles. The lowest BCUT2D eigenvalue weighted by molar-refractivity contribution is 0.194. The lowest BCUT2D eigenvalue weighted by atomic mass is 9.95. The molecule has 2 atom stereocenters. The summed E-state index contributed by atoms with van der Waals surface area (Å²) < 4.78 is 5.60. The van der Waals surface area contributed by atoms with Crippen LogP contribution in [0.25, 0.3) is 0 Å². The molecular weight excluding hydrogens is 162 g/mol. The van der Waals surface area contributed by atoms with Crippen LogP contribution in [0.1, 0.15) is 26.2 Å². The van der Waals surface area contributed by atoms with E-state index in [1.54, 1.807) is 0 Å². The van der Waals surface area contributed by atoms with E-state index in [4.69, 9.17) is 4.74 Å². The molecule has 13 heavy (non-hydrogen) atoms. The Kier molecular flexibility index (Phi) is 2.58. The highest BCUT2D eigenvalue weighted by Gasteiger charge is 2.35. The first-order valence-corrected chi connectivity index (χ1v) is 5.33. The third-order valence-electron chi connectivity index (χ3n) is 3.24. The predicted octanol–water partition coefficient (Wildman–Crippen LogP) is 1.92. The molecule has 2 heteroatoms. The van der Waals surface area contributed by atoms with E-state index in [-0.39, 0.29) is 0 Å². The van der Waals surface area contributed by atoms with Crippen molar-refractivity contribution in [1.82, 2.24) is 5.32 Å². The van der Waals surface area contributed by atoms with Crippen molar-refractivity contribution in [3.05, 3.63) is 11.8 Å². The van der Waals surface area contributed by atoms with Crippen molar-refractivity contribution in [2.45, 2.75) is 32.2 Å². The fourth-order valence-electron chi connectivity index (χ4n) is 2.21. The van der Waals surface area contributed by atoms with Crippen LogP contribution in [0.4, 0.5) is 0 Å². The van der Waals surface area contributed by atoms with E-state index in [0.29, 0.717) is 6.04 Å². The highest BCUT2D eigenvalue weighted by molar-refractivity contribution is 5.10. The summed E-state index contributed by atoms with van der Waals surface area (Å²) in [5.74, 6) is 2.85. The van der Waals surface area contributed by atoms with Gasteiger partial charge in [0.15, 0.2) is 0 Å². The normalized spacial score (nSPS) is 26.5. The molecule has 1 fully saturated rings. The van der Waals surface area contributed by atoms with Gasteiger partial charge in [0.2, 0.25) is 0 Å². The molecule has 1 aliphatic heterocycles. The van der Waals surface area contributed by atoms with Gasteiger partial charge in [0.05, 0.1) is 12.6 Å². The Labute approximate surface area is 80.4 Å². The van der Waals surface area contributed by atoms with Gasteiger partial charge in [-0.2, -0.15) is 0 Å². The van der Waals surface area contributed by atoms with Gasteiger partial charge in [-0.25, -0.2) is 0 Å². The Hall–Kier alpha value is -0.500. The van der Waals surface area contributed by atoms with Gasteiger partial charge in [-0.3, -0.25) is 0 Å². The summed E-state index contributed by atoms with van der Waals surface area (Å²) in [6, 6.07) is 0.454. The van der Waals surface area contributed by atoms with Crippen molar-refractivity contribution in [2.75, 3.05) is 13.7 Å². The lowest BCUT2D eigenvalue weighted by Crippen LogP contribution is -2.35. The molecule has 1 saturated carbocycles. The summed E-state index contributed by atoms with van der Waals surface area (Å²) in [6.45, 7) is 3.21. The quantitative estimate of drug-likeness (QED) is 0.715. The monoisotopic (exact) mass is 181 g/mol. The topological polar surface area (TPSA) is 21.3 Å². The van der Waals surface area contributed by atoms with Gasteiger partial charge in [-0.15, -0.1) is 0 Å². The van der Waals surface area contributed by atoms with E-state index >= 15 is 0 Å². The maximum Gasteiger partial charge on any atom is 0.109 e. The maximum atomic E-state index is 5.60. The summed E-state index contributed by atoms with van der Waals surface area (Å²) in [4.78, 5) is 0. The molecule has 2 unspecified atom stereocenters. The minimum absolute atomic E-state index is 0.454. The summed E-state index contributed by atoms with van der Waals surface area (Å²) >= 11 is 0. The predicted molar refractivity (Wildman–Crippen MR) is 53.4 cm³/mol. The van der Waals surface area contributed by atoms with Crippen molar-refractivity contribution in [1.29, 1.82) is 0 Å². The Morgan fingerprint density at radius 3 is 2.77 bits per heavy atom. The summed E-state index contributed by atoms with van der Waals surface area (Å²) in [5, 5.41) is 3.37. The van der Waals surface area contributed by atoms with Crippen LogP contribution in [-0.2, 0) is 4.74 Å². The average Bonchev–Trinajstić information content (AvgIpc) is 2.86. The second-order valence-corrected chi connectivity index (χ2v) is 4.21. The van der Waals surface area contributed by atoms with Crippen LogP contribution in [0.15, 0.2) is 11.8 Å². The fraction of sp³-hybridized carbons (Fsp3) is 0.818. The van der Waals surface area contributed by atoms with E-state index in [2.05, 4.69) is 18.3 Å². The molecule has 0 aromatic carbocycles. The van der Waals surface area contributed by atoms with Gasteiger partial charge in [0.25, 0.3) is 0 Å². The first kappa shape index (κ1) is 9.07. The van der Waals surface area contributed by atoms with Gasteiger partial charge >= 0.3 is 0 Å². The molecule has 1 aliphatic carbocycles. The Morgan fingerprint density at radius 1 is 1.54 bits per heavy atom. The number of rotatable bonds is 4. The molecule has 0 amide bonds. The summed E-state index contributed by atoms with van der Waals surface area (Å²) in [7, 11) is 2.03. The van der Waals surface area contributed by atoms with Crippen molar-refractivity contribution >= 4 is 0 Å². The third kappa shape index (κ3) is 1.88. The molecule has 0 radical (unpaired) electrons. The molecule has 2 aliphatic rings. The molecule has 2 nitrogen and oxygen atoms in total. The smallest absolute Gasteiger partial charge is 0.109 e. The average molecular weight is 181 g/mol. The molecule has 74 valence electrons. The summed E-state index contributed by atoms with van der Waals surface area (Å²) in [6.07, 6.45) is 6.14. The molecule has 0 spiro atoms. The van der Waals surface area contributed by atoms with E-state index in [9.17, 15) is 0 Å². The second-order valence-electron chi connectivity index (χ2n) is 4.21. The maximum absolute atomic E-state index is 5.60. The van der Waals surface area contributed by atoms with Gasteiger partial charge in [0, 0.05) is 6.42 Å². The van der Waals surface area contributed by atoms with Crippen LogP contribution in [0.5, 0.6) is 0 Å². The standard InChI is InChI=1S/C11H19NO/c1-8(9-5-6-9)11(12-2)10-4-3-7-13-10/h4,8-9,11-12H,3,5-7H2,1-2H3. The minimum Gasteiger partial charge on any atom is -0.496 e. The SMILES string of the molecule is CNC(C1=CCCO1)C(C)C1CC1. The molecule has 1 N–H and O–H groups in total. The van der Waals surface area contributed by atoms with E-state index in [1.807, 2.05) is 7.05 Å². The lowest BCUT2D eigenvalue weighted by Gasteiger charge is -2.24. The summed E-state index contributed by atoms with van der Waals surface area (Å²) in [5.41, 5.74) is 0. The fourth-order valence-corrected chi connectivity index (χ4v) is 2.21. The molecule has 2 rings (SSSR count). The Bertz CT molecular complexity index is 208. The van der Waals surface area contributed by atoms with E-state index in [0.717, 1.165) is 24.9 Å². The molecule has 1 heterocycles. The van der Waals surface area contributed by atoms with Gasteiger partial charge in [0.1, 0.15) is 5.76 Å². The van der Waals surface area contributed by atoms with E-state index < -0.39 is 0 Å². The minimum atomic E-state index is 0.454.